The predicted molar refractivity (Wildman–Crippen MR) is 54.0 cm³/mol. The number of hydrogen-bond donors (Lipinski definition) is 0. The van der Waals surface area contributed by atoms with Crippen molar-refractivity contribution in [3.8, 4) is 0 Å². The van der Waals surface area contributed by atoms with Crippen molar-refractivity contribution in [2.75, 3.05) is 14.2 Å². The van der Waals surface area contributed by atoms with E-state index in [-0.39, 0.29) is 18.0 Å². The van der Waals surface area contributed by atoms with Crippen molar-refractivity contribution in [1.82, 2.24) is 0 Å². The van der Waals surface area contributed by atoms with Gasteiger partial charge in [-0.2, -0.15) is 0 Å². The van der Waals surface area contributed by atoms with Gasteiger partial charge in [0.15, 0.2) is 0 Å². The molecule has 1 aliphatic carbocycles. The van der Waals surface area contributed by atoms with E-state index in [0.29, 0.717) is 0 Å². The predicted octanol–water partition coefficient (Wildman–Crippen LogP) is 2.14. The number of rotatable bonds is 2. The largest absolute Gasteiger partial charge is 0.469 e. The SMILES string of the molecule is COC(=O)[C@@H]1CCCCCC[C@@H]1OC. The van der Waals surface area contributed by atoms with Crippen LogP contribution < -0.4 is 0 Å². The molecule has 1 saturated carbocycles. The first-order valence-electron chi connectivity index (χ1n) is 5.40. The Bertz CT molecular complexity index is 179. The molecule has 0 heterocycles. The fourth-order valence-corrected chi connectivity index (χ4v) is 2.15. The molecule has 0 saturated heterocycles. The third-order valence-electron chi connectivity index (χ3n) is 3.01. The van der Waals surface area contributed by atoms with Gasteiger partial charge in [0, 0.05) is 7.11 Å². The van der Waals surface area contributed by atoms with Crippen molar-refractivity contribution in [1.29, 1.82) is 0 Å². The van der Waals surface area contributed by atoms with E-state index in [4.69, 9.17) is 9.47 Å². The molecule has 0 bridgehead atoms. The Morgan fingerprint density at radius 1 is 1.07 bits per heavy atom. The Morgan fingerprint density at radius 2 is 1.71 bits per heavy atom. The van der Waals surface area contributed by atoms with E-state index in [1.54, 1.807) is 7.11 Å². The van der Waals surface area contributed by atoms with Gasteiger partial charge in [0.2, 0.25) is 0 Å². The van der Waals surface area contributed by atoms with Gasteiger partial charge in [0.25, 0.3) is 0 Å². The van der Waals surface area contributed by atoms with E-state index < -0.39 is 0 Å². The van der Waals surface area contributed by atoms with Crippen molar-refractivity contribution in [3.05, 3.63) is 0 Å². The Morgan fingerprint density at radius 3 is 2.29 bits per heavy atom. The zero-order valence-electron chi connectivity index (χ0n) is 9.12. The molecule has 1 fully saturated rings. The number of hydrogen-bond acceptors (Lipinski definition) is 3. The van der Waals surface area contributed by atoms with Gasteiger partial charge in [0.05, 0.1) is 19.1 Å². The fourth-order valence-electron chi connectivity index (χ4n) is 2.15. The van der Waals surface area contributed by atoms with Crippen molar-refractivity contribution in [2.24, 2.45) is 5.92 Å². The van der Waals surface area contributed by atoms with E-state index >= 15 is 0 Å². The second-order valence-electron chi connectivity index (χ2n) is 3.90. The molecule has 1 rings (SSSR count). The van der Waals surface area contributed by atoms with Crippen LogP contribution in [0.1, 0.15) is 38.5 Å². The lowest BCUT2D eigenvalue weighted by atomic mass is 9.88. The normalized spacial score (nSPS) is 29.0. The number of esters is 1. The van der Waals surface area contributed by atoms with Crippen LogP contribution in [-0.2, 0) is 14.3 Å². The fraction of sp³-hybridized carbons (Fsp3) is 0.909. The maximum Gasteiger partial charge on any atom is 0.311 e. The second-order valence-corrected chi connectivity index (χ2v) is 3.90. The number of carbonyl (C=O) groups excluding carboxylic acids is 1. The van der Waals surface area contributed by atoms with Gasteiger partial charge in [-0.25, -0.2) is 0 Å². The van der Waals surface area contributed by atoms with Crippen molar-refractivity contribution in [3.63, 3.8) is 0 Å². The van der Waals surface area contributed by atoms with Crippen LogP contribution >= 0.6 is 0 Å². The molecule has 14 heavy (non-hydrogen) atoms. The lowest BCUT2D eigenvalue weighted by Gasteiger charge is -2.25. The van der Waals surface area contributed by atoms with Gasteiger partial charge in [-0.15, -0.1) is 0 Å². The molecule has 0 aromatic rings. The molecule has 2 atom stereocenters. The minimum absolute atomic E-state index is 0.0506. The average molecular weight is 200 g/mol. The first-order valence-corrected chi connectivity index (χ1v) is 5.40. The third-order valence-corrected chi connectivity index (χ3v) is 3.01. The molecule has 3 heteroatoms. The third kappa shape index (κ3) is 2.98. The van der Waals surface area contributed by atoms with Crippen LogP contribution in [-0.4, -0.2) is 26.3 Å². The molecule has 0 unspecified atom stereocenters. The Balaban J connectivity index is 2.58. The van der Waals surface area contributed by atoms with Crippen molar-refractivity contribution >= 4 is 5.97 Å². The molecule has 0 aromatic heterocycles. The summed E-state index contributed by atoms with van der Waals surface area (Å²) in [5, 5.41) is 0. The van der Waals surface area contributed by atoms with E-state index in [9.17, 15) is 4.79 Å². The number of ether oxygens (including phenoxy) is 2. The summed E-state index contributed by atoms with van der Waals surface area (Å²) in [6.07, 6.45) is 6.70. The van der Waals surface area contributed by atoms with E-state index in [0.717, 1.165) is 25.7 Å². The molecule has 1 aliphatic rings. The standard InChI is InChI=1S/C11H20O3/c1-13-10-8-6-4-3-5-7-9(10)11(12)14-2/h9-10H,3-8H2,1-2H3/t9-,10+/m1/s1. The topological polar surface area (TPSA) is 35.5 Å². The minimum Gasteiger partial charge on any atom is -0.469 e. The first kappa shape index (κ1) is 11.5. The summed E-state index contributed by atoms with van der Waals surface area (Å²) in [5.41, 5.74) is 0. The van der Waals surface area contributed by atoms with Crippen LogP contribution in [0.2, 0.25) is 0 Å². The monoisotopic (exact) mass is 200 g/mol. The smallest absolute Gasteiger partial charge is 0.311 e. The zero-order chi connectivity index (χ0) is 10.4. The highest BCUT2D eigenvalue weighted by Crippen LogP contribution is 2.25. The molecule has 0 spiro atoms. The van der Waals surface area contributed by atoms with Gasteiger partial charge in [0.1, 0.15) is 0 Å². The first-order chi connectivity index (χ1) is 6.79. The molecule has 0 radical (unpaired) electrons. The molecular formula is C11H20O3. The summed E-state index contributed by atoms with van der Waals surface area (Å²) >= 11 is 0. The molecule has 0 aliphatic heterocycles. The van der Waals surface area contributed by atoms with Crippen LogP contribution in [0, 0.1) is 5.92 Å². The molecular weight excluding hydrogens is 180 g/mol. The summed E-state index contributed by atoms with van der Waals surface area (Å²) in [6.45, 7) is 0. The summed E-state index contributed by atoms with van der Waals surface area (Å²) < 4.78 is 10.2. The van der Waals surface area contributed by atoms with Gasteiger partial charge in [-0.3, -0.25) is 4.79 Å². The Hall–Kier alpha value is -0.570. The van der Waals surface area contributed by atoms with Gasteiger partial charge in [-0.1, -0.05) is 25.7 Å². The van der Waals surface area contributed by atoms with Crippen LogP contribution in [0.3, 0.4) is 0 Å². The van der Waals surface area contributed by atoms with Crippen LogP contribution in [0.15, 0.2) is 0 Å². The molecule has 82 valence electrons. The zero-order valence-corrected chi connectivity index (χ0v) is 9.12. The minimum atomic E-state index is -0.112. The molecule has 0 N–H and O–H groups in total. The molecule has 3 nitrogen and oxygen atoms in total. The van der Waals surface area contributed by atoms with E-state index in [2.05, 4.69) is 0 Å². The Kier molecular flexibility index (Phi) is 4.94. The highest BCUT2D eigenvalue weighted by atomic mass is 16.5. The lowest BCUT2D eigenvalue weighted by molar-refractivity contribution is -0.151. The average Bonchev–Trinajstić information content (AvgIpc) is 2.17. The van der Waals surface area contributed by atoms with Crippen molar-refractivity contribution in [2.45, 2.75) is 44.6 Å². The van der Waals surface area contributed by atoms with Crippen molar-refractivity contribution < 1.29 is 14.3 Å². The maximum atomic E-state index is 11.5. The molecule has 0 amide bonds. The highest BCUT2D eigenvalue weighted by molar-refractivity contribution is 5.72. The quantitative estimate of drug-likeness (QED) is 0.641. The van der Waals surface area contributed by atoms with Crippen LogP contribution in [0.5, 0.6) is 0 Å². The maximum absolute atomic E-state index is 11.5. The number of carbonyl (C=O) groups is 1. The summed E-state index contributed by atoms with van der Waals surface area (Å²) in [5.74, 6) is -0.163. The van der Waals surface area contributed by atoms with Crippen LogP contribution in [0.25, 0.3) is 0 Å². The summed E-state index contributed by atoms with van der Waals surface area (Å²) in [4.78, 5) is 11.5. The Labute approximate surface area is 85.8 Å². The summed E-state index contributed by atoms with van der Waals surface area (Å²) in [7, 11) is 3.13. The number of methoxy groups -OCH3 is 2. The van der Waals surface area contributed by atoms with Gasteiger partial charge >= 0.3 is 5.97 Å². The van der Waals surface area contributed by atoms with E-state index in [1.807, 2.05) is 0 Å². The van der Waals surface area contributed by atoms with E-state index in [1.165, 1.54) is 20.0 Å². The summed E-state index contributed by atoms with van der Waals surface area (Å²) in [6, 6.07) is 0. The van der Waals surface area contributed by atoms with Gasteiger partial charge in [-0.05, 0) is 12.8 Å². The molecule has 0 aromatic carbocycles. The highest BCUT2D eigenvalue weighted by Gasteiger charge is 2.29. The second kappa shape index (κ2) is 6.02. The van der Waals surface area contributed by atoms with Crippen LogP contribution in [0.4, 0.5) is 0 Å². The van der Waals surface area contributed by atoms with Gasteiger partial charge < -0.3 is 9.47 Å². The lowest BCUT2D eigenvalue weighted by Crippen LogP contribution is -2.31.